The normalized spacial score (nSPS) is 12.1. The lowest BCUT2D eigenvalue weighted by atomic mass is 10.1. The second-order valence-electron chi connectivity index (χ2n) is 4.64. The quantitative estimate of drug-likeness (QED) is 0.801. The Morgan fingerprint density at radius 1 is 1.05 bits per heavy atom. The summed E-state index contributed by atoms with van der Waals surface area (Å²) in [5, 5.41) is 15.8. The summed E-state index contributed by atoms with van der Waals surface area (Å²) in [5.41, 5.74) is 1.90. The van der Waals surface area contributed by atoms with E-state index >= 15 is 0 Å². The number of para-hydroxylation sites is 1. The first-order valence-corrected chi connectivity index (χ1v) is 6.98. The Kier molecular flexibility index (Phi) is 3.83. The molecular formula is C15H14ClN5. The van der Waals surface area contributed by atoms with Gasteiger partial charge in [-0.2, -0.15) is 4.68 Å². The second-order valence-corrected chi connectivity index (χ2v) is 5.04. The molecule has 2 aromatic carbocycles. The molecule has 1 N–H and O–H groups in total. The van der Waals surface area contributed by atoms with E-state index in [1.54, 1.807) is 4.68 Å². The average Bonchev–Trinajstić information content (AvgIpc) is 2.96. The molecule has 0 fully saturated rings. The van der Waals surface area contributed by atoms with E-state index in [0.717, 1.165) is 16.3 Å². The average molecular weight is 300 g/mol. The van der Waals surface area contributed by atoms with Gasteiger partial charge in [-0.3, -0.25) is 0 Å². The molecule has 3 aromatic rings. The molecule has 0 aliphatic heterocycles. The molecule has 1 aromatic heterocycles. The minimum Gasteiger partial charge on any atom is -0.346 e. The molecular weight excluding hydrogens is 286 g/mol. The maximum atomic E-state index is 6.22. The standard InChI is InChI=1S/C15H14ClN5/c1-11(13-9-5-6-10-14(13)16)17-15-18-19-20-21(15)12-7-3-2-4-8-12/h2-11H,1H3,(H,17,18,20). The molecule has 0 amide bonds. The molecule has 0 aliphatic rings. The summed E-state index contributed by atoms with van der Waals surface area (Å²) < 4.78 is 1.66. The van der Waals surface area contributed by atoms with Gasteiger partial charge in [0.1, 0.15) is 0 Å². The number of hydrogen-bond donors (Lipinski definition) is 1. The van der Waals surface area contributed by atoms with Gasteiger partial charge in [0.15, 0.2) is 0 Å². The van der Waals surface area contributed by atoms with Crippen LogP contribution in [-0.4, -0.2) is 20.2 Å². The number of nitrogens with zero attached hydrogens (tertiary/aromatic N) is 4. The van der Waals surface area contributed by atoms with Crippen molar-refractivity contribution in [3.63, 3.8) is 0 Å². The van der Waals surface area contributed by atoms with Crippen molar-refractivity contribution in [2.45, 2.75) is 13.0 Å². The third kappa shape index (κ3) is 2.87. The molecule has 0 spiro atoms. The summed E-state index contributed by atoms with van der Waals surface area (Å²) in [7, 11) is 0. The minimum absolute atomic E-state index is 0.00726. The lowest BCUT2D eigenvalue weighted by molar-refractivity contribution is 0.780. The van der Waals surface area contributed by atoms with Crippen LogP contribution in [0.5, 0.6) is 0 Å². The molecule has 0 saturated carbocycles. The number of aromatic nitrogens is 4. The van der Waals surface area contributed by atoms with Gasteiger partial charge in [-0.25, -0.2) is 0 Å². The van der Waals surface area contributed by atoms with Gasteiger partial charge < -0.3 is 5.32 Å². The topological polar surface area (TPSA) is 55.6 Å². The largest absolute Gasteiger partial charge is 0.346 e. The van der Waals surface area contributed by atoms with Crippen LogP contribution in [0.3, 0.4) is 0 Å². The Morgan fingerprint density at radius 2 is 1.76 bits per heavy atom. The second kappa shape index (κ2) is 5.93. The van der Waals surface area contributed by atoms with Crippen LogP contribution in [0.2, 0.25) is 5.02 Å². The maximum Gasteiger partial charge on any atom is 0.248 e. The zero-order valence-electron chi connectivity index (χ0n) is 11.4. The summed E-state index contributed by atoms with van der Waals surface area (Å²) in [6.07, 6.45) is 0. The van der Waals surface area contributed by atoms with Gasteiger partial charge in [0, 0.05) is 5.02 Å². The number of benzene rings is 2. The van der Waals surface area contributed by atoms with Crippen molar-refractivity contribution in [3.05, 3.63) is 65.2 Å². The molecule has 6 heteroatoms. The van der Waals surface area contributed by atoms with E-state index in [9.17, 15) is 0 Å². The number of tetrazole rings is 1. The maximum absolute atomic E-state index is 6.22. The molecule has 1 heterocycles. The summed E-state index contributed by atoms with van der Waals surface area (Å²) in [4.78, 5) is 0. The van der Waals surface area contributed by atoms with E-state index in [2.05, 4.69) is 20.8 Å². The summed E-state index contributed by atoms with van der Waals surface area (Å²) >= 11 is 6.22. The predicted molar refractivity (Wildman–Crippen MR) is 82.6 cm³/mol. The SMILES string of the molecule is CC(Nc1nnnn1-c1ccccc1)c1ccccc1Cl. The first-order valence-electron chi connectivity index (χ1n) is 6.60. The van der Waals surface area contributed by atoms with Crippen molar-refractivity contribution in [2.24, 2.45) is 0 Å². The van der Waals surface area contributed by atoms with Gasteiger partial charge >= 0.3 is 0 Å². The number of nitrogens with one attached hydrogen (secondary N) is 1. The highest BCUT2D eigenvalue weighted by atomic mass is 35.5. The lowest BCUT2D eigenvalue weighted by Gasteiger charge is -2.16. The molecule has 1 atom stereocenters. The Balaban J connectivity index is 1.87. The molecule has 1 unspecified atom stereocenters. The van der Waals surface area contributed by atoms with Crippen LogP contribution in [0.15, 0.2) is 54.6 Å². The van der Waals surface area contributed by atoms with E-state index in [4.69, 9.17) is 11.6 Å². The minimum atomic E-state index is -0.00726. The van der Waals surface area contributed by atoms with E-state index < -0.39 is 0 Å². The van der Waals surface area contributed by atoms with Crippen LogP contribution in [-0.2, 0) is 0 Å². The van der Waals surface area contributed by atoms with Crippen molar-refractivity contribution in [1.82, 2.24) is 20.2 Å². The molecule has 0 aliphatic carbocycles. The Bertz CT molecular complexity index is 726. The molecule has 21 heavy (non-hydrogen) atoms. The Hall–Kier alpha value is -2.40. The van der Waals surface area contributed by atoms with Crippen LogP contribution in [0, 0.1) is 0 Å². The molecule has 5 nitrogen and oxygen atoms in total. The van der Waals surface area contributed by atoms with E-state index in [-0.39, 0.29) is 6.04 Å². The van der Waals surface area contributed by atoms with Crippen LogP contribution >= 0.6 is 11.6 Å². The van der Waals surface area contributed by atoms with Gasteiger partial charge in [-0.05, 0) is 41.1 Å². The number of halogens is 1. The number of anilines is 1. The lowest BCUT2D eigenvalue weighted by Crippen LogP contribution is -2.12. The van der Waals surface area contributed by atoms with Crippen molar-refractivity contribution >= 4 is 17.5 Å². The first kappa shape index (κ1) is 13.6. The van der Waals surface area contributed by atoms with E-state index in [0.29, 0.717) is 5.95 Å². The number of rotatable bonds is 4. The molecule has 0 bridgehead atoms. The Morgan fingerprint density at radius 3 is 2.52 bits per heavy atom. The van der Waals surface area contributed by atoms with E-state index in [1.165, 1.54) is 0 Å². The van der Waals surface area contributed by atoms with Crippen molar-refractivity contribution in [3.8, 4) is 5.69 Å². The van der Waals surface area contributed by atoms with E-state index in [1.807, 2.05) is 61.5 Å². The highest BCUT2D eigenvalue weighted by molar-refractivity contribution is 6.31. The third-order valence-corrected chi connectivity index (χ3v) is 3.53. The fraction of sp³-hybridized carbons (Fsp3) is 0.133. The van der Waals surface area contributed by atoms with Crippen LogP contribution in [0.1, 0.15) is 18.5 Å². The predicted octanol–water partition coefficient (Wildman–Crippen LogP) is 3.49. The van der Waals surface area contributed by atoms with Gasteiger partial charge in [0.25, 0.3) is 0 Å². The summed E-state index contributed by atoms with van der Waals surface area (Å²) in [6.45, 7) is 2.02. The first-order chi connectivity index (χ1) is 10.3. The van der Waals surface area contributed by atoms with Crippen LogP contribution < -0.4 is 5.32 Å². The van der Waals surface area contributed by atoms with Crippen LogP contribution in [0.4, 0.5) is 5.95 Å². The summed E-state index contributed by atoms with van der Waals surface area (Å²) in [6, 6.07) is 17.4. The Labute approximate surface area is 127 Å². The van der Waals surface area contributed by atoms with Crippen molar-refractivity contribution in [2.75, 3.05) is 5.32 Å². The molecule has 3 rings (SSSR count). The third-order valence-electron chi connectivity index (χ3n) is 3.19. The fourth-order valence-electron chi connectivity index (χ4n) is 2.12. The summed E-state index contributed by atoms with van der Waals surface area (Å²) in [5.74, 6) is 0.577. The zero-order valence-corrected chi connectivity index (χ0v) is 12.2. The van der Waals surface area contributed by atoms with Crippen molar-refractivity contribution in [1.29, 1.82) is 0 Å². The molecule has 0 saturated heterocycles. The van der Waals surface area contributed by atoms with Gasteiger partial charge in [0.05, 0.1) is 11.7 Å². The fourth-order valence-corrected chi connectivity index (χ4v) is 2.42. The highest BCUT2D eigenvalue weighted by Crippen LogP contribution is 2.25. The van der Waals surface area contributed by atoms with Gasteiger partial charge in [-0.1, -0.05) is 53.1 Å². The smallest absolute Gasteiger partial charge is 0.248 e. The number of hydrogen-bond acceptors (Lipinski definition) is 4. The highest BCUT2D eigenvalue weighted by Gasteiger charge is 2.14. The van der Waals surface area contributed by atoms with Crippen LogP contribution in [0.25, 0.3) is 5.69 Å². The van der Waals surface area contributed by atoms with Crippen molar-refractivity contribution < 1.29 is 0 Å². The molecule has 106 valence electrons. The van der Waals surface area contributed by atoms with Gasteiger partial charge in [0.2, 0.25) is 5.95 Å². The zero-order chi connectivity index (χ0) is 14.7. The van der Waals surface area contributed by atoms with Gasteiger partial charge in [-0.15, -0.1) is 0 Å². The monoisotopic (exact) mass is 299 g/mol. The molecule has 0 radical (unpaired) electrons.